The molecule has 0 fully saturated rings. The largest absolute Gasteiger partial charge is 0.455 e. The third-order valence-corrected chi connectivity index (χ3v) is 5.94. The van der Waals surface area contributed by atoms with Gasteiger partial charge in [0.1, 0.15) is 6.10 Å². The van der Waals surface area contributed by atoms with Gasteiger partial charge in [0, 0.05) is 12.5 Å². The van der Waals surface area contributed by atoms with Crippen molar-refractivity contribution in [2.24, 2.45) is 11.8 Å². The van der Waals surface area contributed by atoms with Gasteiger partial charge in [0.15, 0.2) is 0 Å². The molecule has 2 aromatic rings. The molecule has 0 radical (unpaired) electrons. The smallest absolute Gasteiger partial charge is 0.310 e. The van der Waals surface area contributed by atoms with Gasteiger partial charge in [-0.3, -0.25) is 14.4 Å². The molecule has 2 amide bonds. The first-order valence-electron chi connectivity index (χ1n) is 12.6. The number of ether oxygens (including phenoxy) is 1. The molecule has 7 nitrogen and oxygen atoms in total. The Balaban J connectivity index is 2.11. The number of aliphatic hydroxyl groups excluding tert-OH is 1. The summed E-state index contributed by atoms with van der Waals surface area (Å²) in [6.07, 6.45) is 3.83. The summed E-state index contributed by atoms with van der Waals surface area (Å²) in [5.41, 5.74) is 1.78. The molecule has 0 aromatic heterocycles. The van der Waals surface area contributed by atoms with Crippen molar-refractivity contribution >= 4 is 17.8 Å². The van der Waals surface area contributed by atoms with Gasteiger partial charge in [0.25, 0.3) is 0 Å². The van der Waals surface area contributed by atoms with E-state index in [0.717, 1.165) is 11.1 Å². The lowest BCUT2D eigenvalue weighted by Gasteiger charge is -2.23. The van der Waals surface area contributed by atoms with Crippen LogP contribution in [0.1, 0.15) is 43.4 Å². The maximum absolute atomic E-state index is 13.2. The van der Waals surface area contributed by atoms with E-state index < -0.39 is 24.0 Å². The fraction of sp³-hybridized carbons (Fsp3) is 0.367. The van der Waals surface area contributed by atoms with Crippen LogP contribution in [0.5, 0.6) is 0 Å². The van der Waals surface area contributed by atoms with Crippen LogP contribution < -0.4 is 10.6 Å². The molecule has 3 N–H and O–H groups in total. The van der Waals surface area contributed by atoms with Crippen LogP contribution in [-0.4, -0.2) is 42.1 Å². The maximum Gasteiger partial charge on any atom is 0.310 e. The highest BCUT2D eigenvalue weighted by atomic mass is 16.5. The van der Waals surface area contributed by atoms with Gasteiger partial charge in [0.05, 0.1) is 25.0 Å². The molecule has 0 aliphatic carbocycles. The minimum atomic E-state index is -0.701. The minimum absolute atomic E-state index is 0.0452. The van der Waals surface area contributed by atoms with E-state index in [1.807, 2.05) is 60.7 Å². The number of carbonyl (C=O) groups is 3. The first kappa shape index (κ1) is 29.5. The second-order valence-corrected chi connectivity index (χ2v) is 9.07. The highest BCUT2D eigenvalue weighted by Gasteiger charge is 2.26. The standard InChI is InChI=1S/C30H38N2O5/c1-4-12-25(19-28(34)32-22(3)21-33)29(35)31-20-27(24-16-10-7-11-17-24)37-30(36)26(13-5-2)18-23-14-8-6-9-15-23/h4-11,14-17,22,25-27,33H,1-2,12-13,18-21H2,3H3,(H,31,35)(H,32,34)/t22-,25-,26-,27+/m1/s1. The van der Waals surface area contributed by atoms with E-state index in [1.165, 1.54) is 0 Å². The third kappa shape index (κ3) is 10.4. The first-order valence-corrected chi connectivity index (χ1v) is 12.6. The number of hydrogen-bond acceptors (Lipinski definition) is 5. The monoisotopic (exact) mass is 506 g/mol. The van der Waals surface area contributed by atoms with Crippen LogP contribution in [0.3, 0.4) is 0 Å². The minimum Gasteiger partial charge on any atom is -0.455 e. The van der Waals surface area contributed by atoms with Gasteiger partial charge in [-0.1, -0.05) is 72.8 Å². The molecule has 2 aromatic carbocycles. The molecule has 0 saturated carbocycles. The van der Waals surface area contributed by atoms with Crippen LogP contribution in [0.2, 0.25) is 0 Å². The zero-order chi connectivity index (χ0) is 27.0. The molecule has 0 aliphatic heterocycles. The van der Waals surface area contributed by atoms with Crippen molar-refractivity contribution in [3.63, 3.8) is 0 Å². The molecule has 198 valence electrons. The van der Waals surface area contributed by atoms with E-state index in [1.54, 1.807) is 19.1 Å². The van der Waals surface area contributed by atoms with Crippen LogP contribution in [0.25, 0.3) is 0 Å². The molecule has 0 spiro atoms. The summed E-state index contributed by atoms with van der Waals surface area (Å²) in [5, 5.41) is 14.7. The zero-order valence-electron chi connectivity index (χ0n) is 21.5. The lowest BCUT2D eigenvalue weighted by Crippen LogP contribution is -2.40. The zero-order valence-corrected chi connectivity index (χ0v) is 21.5. The Morgan fingerprint density at radius 1 is 0.946 bits per heavy atom. The molecule has 4 atom stereocenters. The number of hydrogen-bond donors (Lipinski definition) is 3. The quantitative estimate of drug-likeness (QED) is 0.237. The van der Waals surface area contributed by atoms with Gasteiger partial charge in [0.2, 0.25) is 11.8 Å². The van der Waals surface area contributed by atoms with Crippen molar-refractivity contribution in [1.29, 1.82) is 0 Å². The molecule has 0 aliphatic rings. The molecule has 0 bridgehead atoms. The number of nitrogens with one attached hydrogen (secondary N) is 2. The number of allylic oxidation sites excluding steroid dienone is 2. The summed E-state index contributed by atoms with van der Waals surface area (Å²) >= 11 is 0. The van der Waals surface area contributed by atoms with E-state index >= 15 is 0 Å². The van der Waals surface area contributed by atoms with E-state index in [9.17, 15) is 14.4 Å². The molecule has 0 unspecified atom stereocenters. The topological polar surface area (TPSA) is 105 Å². The van der Waals surface area contributed by atoms with Crippen molar-refractivity contribution in [1.82, 2.24) is 10.6 Å². The molecule has 37 heavy (non-hydrogen) atoms. The summed E-state index contributed by atoms with van der Waals surface area (Å²) in [7, 11) is 0. The summed E-state index contributed by atoms with van der Waals surface area (Å²) in [6, 6.07) is 18.6. The van der Waals surface area contributed by atoms with Crippen molar-refractivity contribution in [2.75, 3.05) is 13.2 Å². The SMILES string of the molecule is C=CC[C@H](CC(=O)N[C@H](C)CO)C(=O)NC[C@H](OC(=O)[C@H](CC=C)Cc1ccccc1)c1ccccc1. The van der Waals surface area contributed by atoms with Crippen molar-refractivity contribution < 1.29 is 24.2 Å². The van der Waals surface area contributed by atoms with E-state index in [4.69, 9.17) is 9.84 Å². The summed E-state index contributed by atoms with van der Waals surface area (Å²) < 4.78 is 5.93. The highest BCUT2D eigenvalue weighted by molar-refractivity contribution is 5.86. The Morgan fingerprint density at radius 2 is 1.54 bits per heavy atom. The number of carbonyl (C=O) groups excluding carboxylic acids is 3. The van der Waals surface area contributed by atoms with Gasteiger partial charge in [-0.05, 0) is 37.3 Å². The normalized spacial score (nSPS) is 13.9. The van der Waals surface area contributed by atoms with Crippen LogP contribution in [-0.2, 0) is 25.5 Å². The van der Waals surface area contributed by atoms with Crippen LogP contribution in [0, 0.1) is 11.8 Å². The molecule has 2 rings (SSSR count). The predicted octanol–water partition coefficient (Wildman–Crippen LogP) is 3.90. The lowest BCUT2D eigenvalue weighted by atomic mass is 9.96. The van der Waals surface area contributed by atoms with Crippen LogP contribution in [0.15, 0.2) is 86.0 Å². The number of rotatable bonds is 16. The molecular formula is C30H38N2O5. The Labute approximate surface area is 219 Å². The summed E-state index contributed by atoms with van der Waals surface area (Å²) in [4.78, 5) is 38.5. The fourth-order valence-electron chi connectivity index (χ4n) is 3.92. The second-order valence-electron chi connectivity index (χ2n) is 9.07. The first-order chi connectivity index (χ1) is 17.9. The average Bonchev–Trinajstić information content (AvgIpc) is 2.91. The van der Waals surface area contributed by atoms with Gasteiger partial charge in [-0.2, -0.15) is 0 Å². The third-order valence-electron chi connectivity index (χ3n) is 5.94. The van der Waals surface area contributed by atoms with E-state index in [-0.39, 0.29) is 37.4 Å². The molecule has 0 saturated heterocycles. The number of aliphatic hydroxyl groups is 1. The van der Waals surface area contributed by atoms with Crippen LogP contribution >= 0.6 is 0 Å². The fourth-order valence-corrected chi connectivity index (χ4v) is 3.92. The Bertz CT molecular complexity index is 1010. The van der Waals surface area contributed by atoms with Gasteiger partial charge in [-0.15, -0.1) is 13.2 Å². The molecule has 7 heteroatoms. The summed E-state index contributed by atoms with van der Waals surface area (Å²) in [6.45, 7) is 9.02. The van der Waals surface area contributed by atoms with Gasteiger partial charge < -0.3 is 20.5 Å². The summed E-state index contributed by atoms with van der Waals surface area (Å²) in [5.74, 6) is -2.08. The van der Waals surface area contributed by atoms with Gasteiger partial charge >= 0.3 is 5.97 Å². The molecule has 0 heterocycles. The van der Waals surface area contributed by atoms with E-state index in [0.29, 0.717) is 19.3 Å². The Hall–Kier alpha value is -3.71. The predicted molar refractivity (Wildman–Crippen MR) is 144 cm³/mol. The van der Waals surface area contributed by atoms with E-state index in [2.05, 4.69) is 23.8 Å². The number of esters is 1. The number of benzene rings is 2. The van der Waals surface area contributed by atoms with Gasteiger partial charge in [-0.25, -0.2) is 0 Å². The van der Waals surface area contributed by atoms with Crippen molar-refractivity contribution in [3.8, 4) is 0 Å². The van der Waals surface area contributed by atoms with Crippen molar-refractivity contribution in [2.45, 2.75) is 44.8 Å². The van der Waals surface area contributed by atoms with Crippen molar-refractivity contribution in [3.05, 3.63) is 97.1 Å². The highest BCUT2D eigenvalue weighted by Crippen LogP contribution is 2.22. The Kier molecular flexibility index (Phi) is 12.9. The average molecular weight is 507 g/mol. The maximum atomic E-state index is 13.2. The Morgan fingerprint density at radius 3 is 2.14 bits per heavy atom. The lowest BCUT2D eigenvalue weighted by molar-refractivity contribution is -0.154. The van der Waals surface area contributed by atoms with Crippen LogP contribution in [0.4, 0.5) is 0 Å². The number of amides is 2. The molecular weight excluding hydrogens is 468 g/mol. The second kappa shape index (κ2) is 16.1.